The lowest BCUT2D eigenvalue weighted by molar-refractivity contribution is 0.0996. The van der Waals surface area contributed by atoms with E-state index < -0.39 is 0 Å². The molecule has 4 rings (SSSR count). The minimum absolute atomic E-state index is 0.137. The van der Waals surface area contributed by atoms with Crippen molar-refractivity contribution in [2.24, 2.45) is 0 Å². The van der Waals surface area contributed by atoms with Gasteiger partial charge < -0.3 is 9.64 Å². The van der Waals surface area contributed by atoms with Crippen molar-refractivity contribution in [2.75, 3.05) is 18.6 Å². The molecule has 0 bridgehead atoms. The molecule has 1 amide bonds. The van der Waals surface area contributed by atoms with E-state index in [0.29, 0.717) is 25.0 Å². The number of hydrogen-bond donors (Lipinski definition) is 0. The molecule has 3 heteroatoms. The van der Waals surface area contributed by atoms with Crippen LogP contribution in [0.1, 0.15) is 71.5 Å². The highest BCUT2D eigenvalue weighted by molar-refractivity contribution is 6.10. The molecule has 1 saturated carbocycles. The summed E-state index contributed by atoms with van der Waals surface area (Å²) in [5.74, 6) is 1.13. The number of nitrogens with zero attached hydrogens (tertiary/aromatic N) is 1. The quantitative estimate of drug-likeness (QED) is 0.737. The van der Waals surface area contributed by atoms with Crippen LogP contribution in [0.5, 0.6) is 0 Å². The van der Waals surface area contributed by atoms with Gasteiger partial charge in [0.2, 0.25) is 0 Å². The summed E-state index contributed by atoms with van der Waals surface area (Å²) >= 11 is 0. The number of hydrogen-bond acceptors (Lipinski definition) is 2. The van der Waals surface area contributed by atoms with E-state index in [1.807, 2.05) is 4.90 Å². The monoisotopic (exact) mass is 349 g/mol. The lowest BCUT2D eigenvalue weighted by Crippen LogP contribution is -2.23. The number of carbonyl (C=O) groups is 1. The first-order valence-electron chi connectivity index (χ1n) is 9.71. The molecular weight excluding hydrogens is 322 g/mol. The van der Waals surface area contributed by atoms with Crippen LogP contribution in [0.15, 0.2) is 42.5 Å². The number of anilines is 1. The van der Waals surface area contributed by atoms with Crippen molar-refractivity contribution in [1.82, 2.24) is 0 Å². The Hall–Kier alpha value is -2.13. The van der Waals surface area contributed by atoms with E-state index in [2.05, 4.69) is 49.4 Å². The second-order valence-corrected chi connectivity index (χ2v) is 7.74. The predicted octanol–water partition coefficient (Wildman–Crippen LogP) is 5.25. The number of amides is 1. The topological polar surface area (TPSA) is 29.5 Å². The van der Waals surface area contributed by atoms with Crippen LogP contribution in [-0.4, -0.2) is 19.6 Å². The molecular formula is C23H27NO2. The third-order valence-corrected chi connectivity index (χ3v) is 5.95. The largest absolute Gasteiger partial charge is 0.384 e. The molecule has 2 aliphatic rings. The summed E-state index contributed by atoms with van der Waals surface area (Å²) in [6, 6.07) is 14.9. The van der Waals surface area contributed by atoms with Gasteiger partial charge in [-0.25, -0.2) is 0 Å². The first-order chi connectivity index (χ1) is 12.7. The molecule has 1 aliphatic carbocycles. The van der Waals surface area contributed by atoms with Crippen LogP contribution in [-0.2, 0) is 11.3 Å². The Morgan fingerprint density at radius 2 is 1.85 bits per heavy atom. The molecule has 0 spiro atoms. The van der Waals surface area contributed by atoms with Crippen molar-refractivity contribution < 1.29 is 9.53 Å². The fourth-order valence-electron chi connectivity index (χ4n) is 4.37. The van der Waals surface area contributed by atoms with Gasteiger partial charge in [-0.05, 0) is 53.6 Å². The van der Waals surface area contributed by atoms with E-state index in [0.717, 1.165) is 16.8 Å². The molecule has 0 N–H and O–H groups in total. The molecule has 0 aromatic heterocycles. The van der Waals surface area contributed by atoms with Gasteiger partial charge in [0, 0.05) is 24.3 Å². The van der Waals surface area contributed by atoms with Crippen LogP contribution in [0.3, 0.4) is 0 Å². The van der Waals surface area contributed by atoms with Gasteiger partial charge >= 0.3 is 0 Å². The molecule has 2 aromatic rings. The number of carbonyl (C=O) groups excluding carboxylic acids is 1. The molecule has 2 aromatic carbocycles. The Morgan fingerprint density at radius 3 is 2.54 bits per heavy atom. The molecule has 0 saturated heterocycles. The van der Waals surface area contributed by atoms with Crippen molar-refractivity contribution in [3.63, 3.8) is 0 Å². The molecule has 0 radical (unpaired) electrons. The first-order valence-corrected chi connectivity index (χ1v) is 9.71. The zero-order valence-corrected chi connectivity index (χ0v) is 15.7. The molecule has 1 fully saturated rings. The Morgan fingerprint density at radius 1 is 1.12 bits per heavy atom. The van der Waals surface area contributed by atoms with Gasteiger partial charge in [0.05, 0.1) is 13.2 Å². The van der Waals surface area contributed by atoms with Crippen molar-refractivity contribution in [1.29, 1.82) is 0 Å². The summed E-state index contributed by atoms with van der Waals surface area (Å²) in [6.45, 7) is 3.53. The van der Waals surface area contributed by atoms with Gasteiger partial charge in [-0.2, -0.15) is 0 Å². The molecule has 3 nitrogen and oxygen atoms in total. The maximum absolute atomic E-state index is 13.0. The van der Waals surface area contributed by atoms with E-state index in [1.165, 1.54) is 36.8 Å². The predicted molar refractivity (Wildman–Crippen MR) is 105 cm³/mol. The molecule has 1 aliphatic heterocycles. The standard InChI is InChI=1S/C23H27NO2/c1-16(15-26-2)17-9-11-21(12-10-17)24-14-20-8-7-19(13-22(20)23(24)25)18-5-3-4-6-18/h7-13,16,18H,3-6,14-15H2,1-2H3. The Bertz CT molecular complexity index is 790. The molecule has 1 atom stereocenters. The first kappa shape index (κ1) is 17.3. The van der Waals surface area contributed by atoms with Gasteiger partial charge in [0.1, 0.15) is 0 Å². The van der Waals surface area contributed by atoms with Gasteiger partial charge in [0.15, 0.2) is 0 Å². The maximum atomic E-state index is 13.0. The summed E-state index contributed by atoms with van der Waals surface area (Å²) in [7, 11) is 1.73. The third-order valence-electron chi connectivity index (χ3n) is 5.95. The highest BCUT2D eigenvalue weighted by Gasteiger charge is 2.30. The smallest absolute Gasteiger partial charge is 0.258 e. The Kier molecular flexibility index (Phi) is 4.82. The van der Waals surface area contributed by atoms with Crippen LogP contribution in [0.4, 0.5) is 5.69 Å². The van der Waals surface area contributed by atoms with Crippen molar-refractivity contribution in [3.8, 4) is 0 Å². The molecule has 136 valence electrons. The van der Waals surface area contributed by atoms with E-state index >= 15 is 0 Å². The number of ether oxygens (including phenoxy) is 1. The Labute approximate surface area is 156 Å². The van der Waals surface area contributed by atoms with Crippen molar-refractivity contribution in [3.05, 3.63) is 64.7 Å². The normalized spacial score (nSPS) is 18.4. The fourth-order valence-corrected chi connectivity index (χ4v) is 4.37. The van der Waals surface area contributed by atoms with E-state index in [4.69, 9.17) is 4.74 Å². The SMILES string of the molecule is COCC(C)c1ccc(N2Cc3ccc(C4CCCC4)cc3C2=O)cc1. The van der Waals surface area contributed by atoms with Crippen molar-refractivity contribution >= 4 is 11.6 Å². The summed E-state index contributed by atoms with van der Waals surface area (Å²) in [4.78, 5) is 14.9. The minimum atomic E-state index is 0.137. The van der Waals surface area contributed by atoms with Crippen LogP contribution in [0.25, 0.3) is 0 Å². The minimum Gasteiger partial charge on any atom is -0.384 e. The lowest BCUT2D eigenvalue weighted by Gasteiger charge is -2.17. The van der Waals surface area contributed by atoms with E-state index in [-0.39, 0.29) is 5.91 Å². The van der Waals surface area contributed by atoms with Crippen LogP contribution < -0.4 is 4.90 Å². The zero-order valence-electron chi connectivity index (χ0n) is 15.7. The van der Waals surface area contributed by atoms with Gasteiger partial charge in [0.25, 0.3) is 5.91 Å². The van der Waals surface area contributed by atoms with E-state index in [9.17, 15) is 4.79 Å². The highest BCUT2D eigenvalue weighted by atomic mass is 16.5. The Balaban J connectivity index is 1.54. The molecule has 1 heterocycles. The average Bonchev–Trinajstić information content (AvgIpc) is 3.30. The van der Waals surface area contributed by atoms with Gasteiger partial charge in [-0.3, -0.25) is 4.79 Å². The van der Waals surface area contributed by atoms with Gasteiger partial charge in [-0.1, -0.05) is 44.0 Å². The maximum Gasteiger partial charge on any atom is 0.258 e. The van der Waals surface area contributed by atoms with E-state index in [1.54, 1.807) is 7.11 Å². The lowest BCUT2D eigenvalue weighted by atomic mass is 9.94. The number of benzene rings is 2. The van der Waals surface area contributed by atoms with Crippen LogP contribution in [0.2, 0.25) is 0 Å². The number of rotatable bonds is 5. The number of methoxy groups -OCH3 is 1. The van der Waals surface area contributed by atoms with Crippen molar-refractivity contribution in [2.45, 2.75) is 51.0 Å². The summed E-state index contributed by atoms with van der Waals surface area (Å²) < 4.78 is 5.24. The molecule has 1 unspecified atom stereocenters. The van der Waals surface area contributed by atoms with Gasteiger partial charge in [-0.15, -0.1) is 0 Å². The van der Waals surface area contributed by atoms with Crippen LogP contribution >= 0.6 is 0 Å². The second kappa shape index (κ2) is 7.24. The third kappa shape index (κ3) is 3.16. The highest BCUT2D eigenvalue weighted by Crippen LogP contribution is 2.37. The molecule has 26 heavy (non-hydrogen) atoms. The second-order valence-electron chi connectivity index (χ2n) is 7.74. The summed E-state index contributed by atoms with van der Waals surface area (Å²) in [5, 5.41) is 0. The zero-order chi connectivity index (χ0) is 18.1. The average molecular weight is 349 g/mol. The summed E-state index contributed by atoms with van der Waals surface area (Å²) in [5.41, 5.74) is 5.60. The summed E-state index contributed by atoms with van der Waals surface area (Å²) in [6.07, 6.45) is 5.15. The fraction of sp³-hybridized carbons (Fsp3) is 0.435. The van der Waals surface area contributed by atoms with Crippen LogP contribution in [0, 0.1) is 0 Å². The number of fused-ring (bicyclic) bond motifs is 1.